The number of hydrogen-bond donors (Lipinski definition) is 2. The predicted octanol–water partition coefficient (Wildman–Crippen LogP) is 5.74. The van der Waals surface area contributed by atoms with Gasteiger partial charge in [0.1, 0.15) is 17.4 Å². The van der Waals surface area contributed by atoms with Gasteiger partial charge < -0.3 is 20.1 Å². The smallest absolute Gasteiger partial charge is 0.247 e. The van der Waals surface area contributed by atoms with Gasteiger partial charge in [-0.05, 0) is 67.9 Å². The van der Waals surface area contributed by atoms with Crippen molar-refractivity contribution in [3.05, 3.63) is 84.8 Å². The lowest BCUT2D eigenvalue weighted by atomic mass is 9.96. The van der Waals surface area contributed by atoms with E-state index < -0.39 is 0 Å². The highest BCUT2D eigenvalue weighted by atomic mass is 16.1. The summed E-state index contributed by atoms with van der Waals surface area (Å²) in [5.74, 6) is -0.266. The van der Waals surface area contributed by atoms with Crippen molar-refractivity contribution in [2.45, 2.75) is 19.9 Å². The number of nitrogens with one attached hydrogen (secondary N) is 2. The number of aryl methyl sites for hydroxylation is 2. The Kier molecular flexibility index (Phi) is 7.30. The molecule has 4 heterocycles. The van der Waals surface area contributed by atoms with Crippen LogP contribution in [0.15, 0.2) is 73.6 Å². The van der Waals surface area contributed by atoms with Crippen molar-refractivity contribution in [1.29, 1.82) is 5.26 Å². The zero-order valence-electron chi connectivity index (χ0n) is 24.8. The third-order valence-corrected chi connectivity index (χ3v) is 8.46. The molecule has 2 N–H and O–H groups in total. The first-order chi connectivity index (χ1) is 20.8. The first kappa shape index (κ1) is 27.9. The van der Waals surface area contributed by atoms with Gasteiger partial charge in [-0.1, -0.05) is 30.8 Å². The van der Waals surface area contributed by atoms with E-state index >= 15 is 0 Å². The number of hydrogen-bond acceptors (Lipinski definition) is 6. The molecule has 9 nitrogen and oxygen atoms in total. The molecule has 1 amide bonds. The van der Waals surface area contributed by atoms with Gasteiger partial charge >= 0.3 is 0 Å². The van der Waals surface area contributed by atoms with Gasteiger partial charge in [-0.15, -0.1) is 0 Å². The van der Waals surface area contributed by atoms with Crippen molar-refractivity contribution in [2.75, 3.05) is 36.9 Å². The minimum absolute atomic E-state index is 0.266. The van der Waals surface area contributed by atoms with E-state index in [4.69, 9.17) is 4.98 Å². The maximum absolute atomic E-state index is 12.2. The number of nitrogens with zero attached hydrogens (tertiary/aromatic N) is 6. The summed E-state index contributed by atoms with van der Waals surface area (Å²) in [6, 6.07) is 19.5. The van der Waals surface area contributed by atoms with E-state index in [2.05, 4.69) is 88.2 Å². The number of carbonyl (C=O) groups is 1. The lowest BCUT2D eigenvalue weighted by Crippen LogP contribution is -2.50. The Labute approximate surface area is 251 Å². The average molecular weight is 571 g/mol. The average Bonchev–Trinajstić information content (AvgIpc) is 3.59. The number of fused-ring (bicyclic) bond motifs is 1. The van der Waals surface area contributed by atoms with Gasteiger partial charge in [-0.25, -0.2) is 4.98 Å². The number of benzene rings is 2. The SMILES string of the molecule is C=CC(=O)Nc1cc(-c2c(-c3ccc(N4CCN(C)[C@H](C)C4)cc3)[nH]c3ncc(-c4cnn(C)c4C#N)cc23)ccc1C. The van der Waals surface area contributed by atoms with Crippen molar-refractivity contribution in [3.8, 4) is 39.6 Å². The molecule has 0 spiro atoms. The normalized spacial score (nSPS) is 15.4. The van der Waals surface area contributed by atoms with Crippen LogP contribution >= 0.6 is 0 Å². The van der Waals surface area contributed by atoms with Crippen molar-refractivity contribution in [2.24, 2.45) is 7.05 Å². The lowest BCUT2D eigenvalue weighted by Gasteiger charge is -2.39. The molecule has 216 valence electrons. The Morgan fingerprint density at radius 3 is 2.58 bits per heavy atom. The monoisotopic (exact) mass is 570 g/mol. The minimum atomic E-state index is -0.266. The number of aromatic amines is 1. The standard InChI is InChI=1S/C34H34N8O/c1-6-31(43)38-29-16-24(8-7-21(29)2)32-27-15-25(28-19-37-41(5)30(28)17-35)18-36-34(27)39-33(32)23-9-11-26(12-10-23)42-14-13-40(4)22(3)20-42/h6-12,15-16,18-19,22H,1,13-14,20H2,2-5H3,(H,36,39)(H,38,43)/t22-/m1/s1. The van der Waals surface area contributed by atoms with Crippen LogP contribution in [0.1, 0.15) is 18.2 Å². The molecule has 0 aliphatic carbocycles. The Balaban J connectivity index is 1.50. The van der Waals surface area contributed by atoms with Gasteiger partial charge in [0.25, 0.3) is 0 Å². The van der Waals surface area contributed by atoms with Gasteiger partial charge in [0.15, 0.2) is 0 Å². The summed E-state index contributed by atoms with van der Waals surface area (Å²) in [4.78, 5) is 25.4. The maximum Gasteiger partial charge on any atom is 0.247 e. The van der Waals surface area contributed by atoms with Crippen molar-refractivity contribution < 1.29 is 4.79 Å². The fraction of sp³-hybridized carbons (Fsp3) is 0.235. The highest BCUT2D eigenvalue weighted by molar-refractivity contribution is 6.05. The number of piperazine rings is 1. The van der Waals surface area contributed by atoms with Crippen LogP contribution in [-0.4, -0.2) is 63.3 Å². The first-order valence-electron chi connectivity index (χ1n) is 14.3. The quantitative estimate of drug-likeness (QED) is 0.252. The van der Waals surface area contributed by atoms with E-state index in [1.54, 1.807) is 24.1 Å². The van der Waals surface area contributed by atoms with E-state index in [-0.39, 0.29) is 5.91 Å². The second kappa shape index (κ2) is 11.2. The summed E-state index contributed by atoms with van der Waals surface area (Å²) in [6.07, 6.45) is 4.73. The van der Waals surface area contributed by atoms with E-state index in [0.29, 0.717) is 17.4 Å². The molecule has 1 fully saturated rings. The second-order valence-corrected chi connectivity index (χ2v) is 11.2. The first-order valence-corrected chi connectivity index (χ1v) is 14.3. The van der Waals surface area contributed by atoms with Gasteiger partial charge in [-0.3, -0.25) is 9.48 Å². The molecule has 43 heavy (non-hydrogen) atoms. The van der Waals surface area contributed by atoms with Crippen LogP contribution in [-0.2, 0) is 11.8 Å². The van der Waals surface area contributed by atoms with Crippen molar-refractivity contribution in [3.63, 3.8) is 0 Å². The summed E-state index contributed by atoms with van der Waals surface area (Å²) in [5, 5.41) is 17.9. The summed E-state index contributed by atoms with van der Waals surface area (Å²) in [6.45, 7) is 10.8. The number of likely N-dealkylation sites (N-methyl/N-ethyl adjacent to an activating group) is 1. The third-order valence-electron chi connectivity index (χ3n) is 8.46. The summed E-state index contributed by atoms with van der Waals surface area (Å²) >= 11 is 0. The van der Waals surface area contributed by atoms with Gasteiger partial charge in [0, 0.05) is 72.4 Å². The summed E-state index contributed by atoms with van der Waals surface area (Å²) in [7, 11) is 3.93. The number of rotatable bonds is 6. The van der Waals surface area contributed by atoms with Gasteiger partial charge in [-0.2, -0.15) is 10.4 Å². The largest absolute Gasteiger partial charge is 0.369 e. The molecular formula is C34H34N8O. The van der Waals surface area contributed by atoms with Crippen LogP contribution < -0.4 is 10.2 Å². The zero-order valence-corrected chi connectivity index (χ0v) is 24.8. The highest BCUT2D eigenvalue weighted by Gasteiger charge is 2.22. The Morgan fingerprint density at radius 2 is 1.86 bits per heavy atom. The number of carbonyl (C=O) groups excluding carboxylic acids is 1. The summed E-state index contributed by atoms with van der Waals surface area (Å²) < 4.78 is 1.57. The molecule has 0 bridgehead atoms. The number of H-pyrrole nitrogens is 1. The number of pyridine rings is 1. The lowest BCUT2D eigenvalue weighted by molar-refractivity contribution is -0.111. The van der Waals surface area contributed by atoms with Gasteiger partial charge in [0.2, 0.25) is 5.91 Å². The van der Waals surface area contributed by atoms with Crippen LogP contribution in [0.4, 0.5) is 11.4 Å². The van der Waals surface area contributed by atoms with Crippen LogP contribution in [0.2, 0.25) is 0 Å². The number of amides is 1. The topological polar surface area (TPSA) is 106 Å². The Morgan fingerprint density at radius 1 is 1.09 bits per heavy atom. The summed E-state index contributed by atoms with van der Waals surface area (Å²) in [5.41, 5.74) is 9.42. The van der Waals surface area contributed by atoms with Crippen LogP contribution in [0, 0.1) is 18.3 Å². The molecule has 2 aromatic carbocycles. The number of nitriles is 1. The Bertz CT molecular complexity index is 1890. The molecule has 1 aliphatic heterocycles. The fourth-order valence-electron chi connectivity index (χ4n) is 5.73. The van der Waals surface area contributed by atoms with Gasteiger partial charge in [0.05, 0.1) is 11.9 Å². The highest BCUT2D eigenvalue weighted by Crippen LogP contribution is 2.41. The molecule has 6 rings (SSSR count). The molecule has 1 saturated heterocycles. The molecular weight excluding hydrogens is 536 g/mol. The predicted molar refractivity (Wildman–Crippen MR) is 172 cm³/mol. The molecule has 0 saturated carbocycles. The molecule has 3 aromatic heterocycles. The zero-order chi connectivity index (χ0) is 30.2. The van der Waals surface area contributed by atoms with Crippen molar-refractivity contribution in [1.82, 2.24) is 24.6 Å². The molecule has 0 unspecified atom stereocenters. The minimum Gasteiger partial charge on any atom is -0.369 e. The number of anilines is 2. The second-order valence-electron chi connectivity index (χ2n) is 11.2. The molecule has 9 heteroatoms. The number of aromatic nitrogens is 4. The fourth-order valence-corrected chi connectivity index (χ4v) is 5.73. The molecule has 1 aliphatic rings. The molecule has 1 atom stereocenters. The van der Waals surface area contributed by atoms with Crippen molar-refractivity contribution >= 4 is 28.3 Å². The van der Waals surface area contributed by atoms with E-state index in [9.17, 15) is 10.1 Å². The third kappa shape index (κ3) is 5.17. The van der Waals surface area contributed by atoms with Crippen LogP contribution in [0.3, 0.4) is 0 Å². The maximum atomic E-state index is 12.2. The molecule has 5 aromatic rings. The molecule has 0 radical (unpaired) electrons. The van der Waals surface area contributed by atoms with E-state index in [0.717, 1.165) is 69.7 Å². The van der Waals surface area contributed by atoms with E-state index in [1.165, 1.54) is 11.8 Å². The Hall–Kier alpha value is -5.20. The van der Waals surface area contributed by atoms with Crippen LogP contribution in [0.5, 0.6) is 0 Å². The van der Waals surface area contributed by atoms with E-state index in [1.807, 2.05) is 19.1 Å². The van der Waals surface area contributed by atoms with Crippen LogP contribution in [0.25, 0.3) is 44.5 Å².